The Labute approximate surface area is 333 Å². The van der Waals surface area contributed by atoms with Gasteiger partial charge in [0.1, 0.15) is 0 Å². The highest BCUT2D eigenvalue weighted by atomic mass is 15.2. The molecule has 57 heavy (non-hydrogen) atoms. The highest BCUT2D eigenvalue weighted by Gasteiger charge is 2.47. The summed E-state index contributed by atoms with van der Waals surface area (Å²) >= 11 is 0. The number of allylic oxidation sites excluding steroid dienone is 7. The van der Waals surface area contributed by atoms with Crippen molar-refractivity contribution >= 4 is 39.5 Å². The van der Waals surface area contributed by atoms with Gasteiger partial charge < -0.3 is 14.4 Å². The van der Waals surface area contributed by atoms with Crippen molar-refractivity contribution in [2.75, 3.05) is 9.80 Å². The number of fused-ring (bicyclic) bond motifs is 15. The molecule has 3 heterocycles. The van der Waals surface area contributed by atoms with Gasteiger partial charge in [0, 0.05) is 51.1 Å². The average Bonchev–Trinajstić information content (AvgIpc) is 3.92. The zero-order valence-electron chi connectivity index (χ0n) is 31.7. The van der Waals surface area contributed by atoms with Gasteiger partial charge in [0.05, 0.1) is 29.3 Å². The maximum Gasteiger partial charge on any atom is 0.0592 e. The summed E-state index contributed by atoms with van der Waals surface area (Å²) < 4.78 is 2.46. The number of benzene rings is 5. The molecule has 0 amide bonds. The Bertz CT molecular complexity index is 2930. The second kappa shape index (κ2) is 12.0. The van der Waals surface area contributed by atoms with Crippen molar-refractivity contribution in [3.63, 3.8) is 0 Å². The SMILES string of the molecule is C1=CCC2C(=C1)c1cccc3c1N2C1CC=C(N(c2ccc4c(c2)C2C=CC=CC2c2ccccc2-4)C2C=Cc4c(c5ccccc5n4-c4ccccc4)C2)C=C31. The first-order chi connectivity index (χ1) is 28.3. The van der Waals surface area contributed by atoms with E-state index in [9.17, 15) is 0 Å². The number of nitrogens with zero attached hydrogens (tertiary/aromatic N) is 3. The van der Waals surface area contributed by atoms with Crippen LogP contribution in [0.5, 0.6) is 0 Å². The van der Waals surface area contributed by atoms with Crippen molar-refractivity contribution in [3.05, 3.63) is 215 Å². The summed E-state index contributed by atoms with van der Waals surface area (Å²) in [5.74, 6) is 0.648. The molecule has 5 unspecified atom stereocenters. The van der Waals surface area contributed by atoms with Crippen LogP contribution in [0.15, 0.2) is 182 Å². The Morgan fingerprint density at radius 1 is 0.614 bits per heavy atom. The molecule has 272 valence electrons. The maximum atomic E-state index is 2.76. The third-order valence-electron chi connectivity index (χ3n) is 13.9. The molecule has 13 rings (SSSR count). The molecule has 6 aromatic rings. The molecule has 0 radical (unpaired) electrons. The van der Waals surface area contributed by atoms with Gasteiger partial charge in [-0.1, -0.05) is 140 Å². The second-order valence-corrected chi connectivity index (χ2v) is 16.6. The second-order valence-electron chi connectivity index (χ2n) is 16.6. The highest BCUT2D eigenvalue weighted by Crippen LogP contribution is 2.56. The van der Waals surface area contributed by atoms with Crippen LogP contribution in [-0.4, -0.2) is 22.7 Å². The first-order valence-electron chi connectivity index (χ1n) is 20.7. The zero-order chi connectivity index (χ0) is 37.2. The van der Waals surface area contributed by atoms with Gasteiger partial charge in [-0.2, -0.15) is 0 Å². The monoisotopic (exact) mass is 731 g/mol. The van der Waals surface area contributed by atoms with Gasteiger partial charge in [-0.3, -0.25) is 0 Å². The third kappa shape index (κ3) is 4.43. The highest BCUT2D eigenvalue weighted by molar-refractivity contribution is 6.02. The lowest BCUT2D eigenvalue weighted by Gasteiger charge is -2.39. The number of hydrogen-bond donors (Lipinski definition) is 0. The third-order valence-corrected chi connectivity index (χ3v) is 13.9. The van der Waals surface area contributed by atoms with Crippen LogP contribution < -0.4 is 9.80 Å². The number of aromatic nitrogens is 1. The lowest BCUT2D eigenvalue weighted by atomic mass is 9.70. The minimum atomic E-state index is 0.132. The summed E-state index contributed by atoms with van der Waals surface area (Å²) in [7, 11) is 0. The molecule has 0 spiro atoms. The van der Waals surface area contributed by atoms with Crippen molar-refractivity contribution < 1.29 is 0 Å². The van der Waals surface area contributed by atoms with Gasteiger partial charge in [0.25, 0.3) is 0 Å². The molecule has 5 atom stereocenters. The largest absolute Gasteiger partial charge is 0.356 e. The predicted molar refractivity (Wildman–Crippen MR) is 237 cm³/mol. The zero-order valence-corrected chi connectivity index (χ0v) is 31.7. The van der Waals surface area contributed by atoms with Gasteiger partial charge in [-0.05, 0) is 101 Å². The lowest BCUT2D eigenvalue weighted by molar-refractivity contribution is 0.660. The van der Waals surface area contributed by atoms with E-state index in [0.717, 1.165) is 19.3 Å². The average molecular weight is 732 g/mol. The van der Waals surface area contributed by atoms with Crippen LogP contribution in [0.4, 0.5) is 11.4 Å². The quantitative estimate of drug-likeness (QED) is 0.179. The molecule has 7 aliphatic rings. The Hall–Kier alpha value is -6.58. The number of hydrogen-bond acceptors (Lipinski definition) is 2. The van der Waals surface area contributed by atoms with E-state index in [0.29, 0.717) is 23.9 Å². The molecule has 3 heteroatoms. The van der Waals surface area contributed by atoms with Gasteiger partial charge in [0.15, 0.2) is 0 Å². The van der Waals surface area contributed by atoms with Crippen LogP contribution >= 0.6 is 0 Å². The van der Waals surface area contributed by atoms with Gasteiger partial charge in [-0.25, -0.2) is 0 Å². The Balaban J connectivity index is 0.978. The number of rotatable bonds is 4. The summed E-state index contributed by atoms with van der Waals surface area (Å²) in [6.07, 6.45) is 29.2. The number of anilines is 2. The van der Waals surface area contributed by atoms with E-state index in [1.54, 1.807) is 0 Å². The molecule has 0 saturated heterocycles. The normalized spacial score (nSPS) is 23.8. The Kier molecular flexibility index (Phi) is 6.63. The first-order valence-corrected chi connectivity index (χ1v) is 20.7. The maximum absolute atomic E-state index is 2.76. The van der Waals surface area contributed by atoms with E-state index in [2.05, 4.69) is 196 Å². The summed E-state index contributed by atoms with van der Waals surface area (Å²) in [6, 6.07) is 44.1. The molecule has 0 saturated carbocycles. The molecular weight excluding hydrogens is 691 g/mol. The summed E-state index contributed by atoms with van der Waals surface area (Å²) in [5.41, 5.74) is 20.6. The van der Waals surface area contributed by atoms with Crippen LogP contribution in [0.3, 0.4) is 0 Å². The lowest BCUT2D eigenvalue weighted by Crippen LogP contribution is -2.40. The fourth-order valence-corrected chi connectivity index (χ4v) is 11.5. The van der Waals surface area contributed by atoms with Crippen LogP contribution in [0, 0.1) is 0 Å². The summed E-state index contributed by atoms with van der Waals surface area (Å²) in [6.45, 7) is 0. The molecule has 0 fully saturated rings. The molecule has 0 N–H and O–H groups in total. The summed E-state index contributed by atoms with van der Waals surface area (Å²) in [5, 5.41) is 1.34. The first kappa shape index (κ1) is 31.6. The molecule has 3 nitrogen and oxygen atoms in total. The van der Waals surface area contributed by atoms with Crippen molar-refractivity contribution in [2.45, 2.75) is 49.2 Å². The van der Waals surface area contributed by atoms with E-state index >= 15 is 0 Å². The molecule has 0 bridgehead atoms. The van der Waals surface area contributed by atoms with Gasteiger partial charge in [0.2, 0.25) is 0 Å². The van der Waals surface area contributed by atoms with Crippen LogP contribution in [0.25, 0.3) is 44.9 Å². The predicted octanol–water partition coefficient (Wildman–Crippen LogP) is 12.3. The molecule has 1 aromatic heterocycles. The fourth-order valence-electron chi connectivity index (χ4n) is 11.5. The smallest absolute Gasteiger partial charge is 0.0592 e. The Morgan fingerprint density at radius 3 is 2.28 bits per heavy atom. The van der Waals surface area contributed by atoms with Gasteiger partial charge in [-0.15, -0.1) is 0 Å². The molecule has 2 aliphatic heterocycles. The molecule has 5 aliphatic carbocycles. The standard InChI is InChI=1S/C54H41N3/c1-2-13-34(14-3-1)56-50-23-10-9-20-44(50)48-32-36(26-29-52(48)56)55(35-25-28-42-40-17-5-4-15-38(40)39-16-6-7-18-41(39)47(42)31-35)37-27-30-53-49(33-37)46-22-12-21-45-43-19-8-11-24-51(43)57(53)54(45)46/h1-23,25-29,31,33,36,39,41,51,53H,24,30,32H2. The van der Waals surface area contributed by atoms with Gasteiger partial charge >= 0.3 is 0 Å². The number of para-hydroxylation sites is 3. The minimum absolute atomic E-state index is 0.132. The van der Waals surface area contributed by atoms with E-state index in [4.69, 9.17) is 0 Å². The Morgan fingerprint density at radius 2 is 1.37 bits per heavy atom. The summed E-state index contributed by atoms with van der Waals surface area (Å²) in [4.78, 5) is 5.44. The van der Waals surface area contributed by atoms with E-state index in [-0.39, 0.29) is 6.04 Å². The van der Waals surface area contributed by atoms with Crippen molar-refractivity contribution in [1.82, 2.24) is 4.57 Å². The molecular formula is C54H41N3. The van der Waals surface area contributed by atoms with Crippen LogP contribution in [0.1, 0.15) is 58.2 Å². The van der Waals surface area contributed by atoms with Crippen LogP contribution in [-0.2, 0) is 6.42 Å². The van der Waals surface area contributed by atoms with Crippen molar-refractivity contribution in [1.29, 1.82) is 0 Å². The van der Waals surface area contributed by atoms with E-state index in [1.807, 2.05) is 0 Å². The minimum Gasteiger partial charge on any atom is -0.356 e. The van der Waals surface area contributed by atoms with Crippen molar-refractivity contribution in [2.24, 2.45) is 0 Å². The van der Waals surface area contributed by atoms with Crippen molar-refractivity contribution in [3.8, 4) is 16.8 Å². The topological polar surface area (TPSA) is 11.4 Å². The van der Waals surface area contributed by atoms with E-state index < -0.39 is 0 Å². The van der Waals surface area contributed by atoms with Crippen LogP contribution in [0.2, 0.25) is 0 Å². The molecule has 5 aromatic carbocycles. The fraction of sp³-hybridized carbons (Fsp3) is 0.148. The van der Waals surface area contributed by atoms with E-state index in [1.165, 1.54) is 89.4 Å².